The van der Waals surface area contributed by atoms with Crippen LogP contribution in [-0.2, 0) is 10.0 Å². The Bertz CT molecular complexity index is 1390. The lowest BCUT2D eigenvalue weighted by Gasteiger charge is -2.12. The Hall–Kier alpha value is -3.44. The van der Waals surface area contributed by atoms with Gasteiger partial charge < -0.3 is 5.32 Å². The SMILES string of the molecule is CN(C)S(=O)(=O)c1ccc(C(=O)NC(=S)Nc2nc(-c3ccccc3)c(-c3ccccc3)s2)cc1. The number of nitrogens with one attached hydrogen (secondary N) is 2. The van der Waals surface area contributed by atoms with Crippen molar-refractivity contribution in [3.05, 3.63) is 90.5 Å². The van der Waals surface area contributed by atoms with E-state index in [0.717, 1.165) is 26.0 Å². The van der Waals surface area contributed by atoms with Crippen molar-refractivity contribution in [1.29, 1.82) is 0 Å². The van der Waals surface area contributed by atoms with Gasteiger partial charge in [0, 0.05) is 25.2 Å². The average Bonchev–Trinajstić information content (AvgIpc) is 3.28. The Morgan fingerprint density at radius 3 is 2.03 bits per heavy atom. The zero-order valence-electron chi connectivity index (χ0n) is 18.9. The summed E-state index contributed by atoms with van der Waals surface area (Å²) in [5.74, 6) is -0.459. The maximum atomic E-state index is 12.6. The van der Waals surface area contributed by atoms with Gasteiger partial charge in [-0.15, -0.1) is 0 Å². The molecule has 1 amide bonds. The van der Waals surface area contributed by atoms with Crippen LogP contribution in [0.3, 0.4) is 0 Å². The zero-order chi connectivity index (χ0) is 25.0. The van der Waals surface area contributed by atoms with Gasteiger partial charge in [-0.05, 0) is 42.0 Å². The number of thiocarbonyl (C=S) groups is 1. The molecule has 10 heteroatoms. The molecule has 7 nitrogen and oxygen atoms in total. The number of hydrogen-bond acceptors (Lipinski definition) is 6. The smallest absolute Gasteiger partial charge is 0.257 e. The van der Waals surface area contributed by atoms with Crippen molar-refractivity contribution < 1.29 is 13.2 Å². The number of nitrogens with zero attached hydrogens (tertiary/aromatic N) is 2. The van der Waals surface area contributed by atoms with E-state index in [1.54, 1.807) is 0 Å². The summed E-state index contributed by atoms with van der Waals surface area (Å²) in [6.07, 6.45) is 0. The van der Waals surface area contributed by atoms with Crippen molar-refractivity contribution in [2.75, 3.05) is 19.4 Å². The second kappa shape index (κ2) is 10.4. The van der Waals surface area contributed by atoms with Crippen molar-refractivity contribution in [1.82, 2.24) is 14.6 Å². The molecule has 0 aliphatic heterocycles. The largest absolute Gasteiger partial charge is 0.308 e. The highest BCUT2D eigenvalue weighted by Gasteiger charge is 2.19. The quantitative estimate of drug-likeness (QED) is 0.352. The molecule has 4 rings (SSSR count). The predicted molar refractivity (Wildman–Crippen MR) is 144 cm³/mol. The van der Waals surface area contributed by atoms with Crippen LogP contribution in [0.25, 0.3) is 21.7 Å². The van der Waals surface area contributed by atoms with Crippen LogP contribution < -0.4 is 10.6 Å². The molecule has 3 aromatic carbocycles. The standard InChI is InChI=1S/C25H22N4O3S3/c1-29(2)35(31,32)20-15-13-19(14-16-20)23(30)27-24(33)28-25-26-21(17-9-5-3-6-10-17)22(34-25)18-11-7-4-8-12-18/h3-16H,1-2H3,(H2,26,27,28,30,33). The number of hydrogen-bond donors (Lipinski definition) is 2. The summed E-state index contributed by atoms with van der Waals surface area (Å²) in [6, 6.07) is 25.4. The van der Waals surface area contributed by atoms with E-state index in [1.807, 2.05) is 60.7 Å². The molecule has 0 spiro atoms. The van der Waals surface area contributed by atoms with Gasteiger partial charge in [0.25, 0.3) is 5.91 Å². The highest BCUT2D eigenvalue weighted by Crippen LogP contribution is 2.38. The van der Waals surface area contributed by atoms with Gasteiger partial charge in [0.15, 0.2) is 10.2 Å². The van der Waals surface area contributed by atoms with Crippen LogP contribution >= 0.6 is 23.6 Å². The lowest BCUT2D eigenvalue weighted by Crippen LogP contribution is -2.34. The van der Waals surface area contributed by atoms with Crippen molar-refractivity contribution in [2.24, 2.45) is 0 Å². The molecule has 0 aliphatic carbocycles. The molecule has 178 valence electrons. The maximum absolute atomic E-state index is 12.6. The number of sulfonamides is 1. The minimum Gasteiger partial charge on any atom is -0.308 e. The third kappa shape index (κ3) is 5.63. The number of aromatic nitrogens is 1. The topological polar surface area (TPSA) is 91.4 Å². The molecule has 4 aromatic rings. The molecule has 35 heavy (non-hydrogen) atoms. The first-order valence-electron chi connectivity index (χ1n) is 10.5. The number of carbonyl (C=O) groups excluding carboxylic acids is 1. The minimum atomic E-state index is -3.57. The van der Waals surface area contributed by atoms with Gasteiger partial charge in [-0.25, -0.2) is 17.7 Å². The van der Waals surface area contributed by atoms with E-state index in [1.165, 1.54) is 49.7 Å². The highest BCUT2D eigenvalue weighted by atomic mass is 32.2. The molecule has 0 saturated heterocycles. The van der Waals surface area contributed by atoms with E-state index in [9.17, 15) is 13.2 Å². The van der Waals surface area contributed by atoms with Gasteiger partial charge in [0.1, 0.15) is 0 Å². The fraction of sp³-hybridized carbons (Fsp3) is 0.0800. The number of rotatable bonds is 6. The third-order valence-electron chi connectivity index (χ3n) is 5.05. The summed E-state index contributed by atoms with van der Waals surface area (Å²) in [5, 5.41) is 6.25. The Kier molecular flexibility index (Phi) is 7.37. The monoisotopic (exact) mass is 522 g/mol. The lowest BCUT2D eigenvalue weighted by atomic mass is 10.1. The summed E-state index contributed by atoms with van der Waals surface area (Å²) in [6.45, 7) is 0. The number of thiazole rings is 1. The summed E-state index contributed by atoms with van der Waals surface area (Å²) < 4.78 is 25.5. The molecule has 1 heterocycles. The zero-order valence-corrected chi connectivity index (χ0v) is 21.4. The fourth-order valence-electron chi connectivity index (χ4n) is 3.24. The van der Waals surface area contributed by atoms with Crippen LogP contribution in [0, 0.1) is 0 Å². The van der Waals surface area contributed by atoms with Crippen molar-refractivity contribution in [3.63, 3.8) is 0 Å². The van der Waals surface area contributed by atoms with Crippen LogP contribution in [0.4, 0.5) is 5.13 Å². The second-order valence-electron chi connectivity index (χ2n) is 7.65. The minimum absolute atomic E-state index is 0.0907. The van der Waals surface area contributed by atoms with Crippen molar-refractivity contribution >= 4 is 49.7 Å². The van der Waals surface area contributed by atoms with E-state index in [0.29, 0.717) is 5.13 Å². The van der Waals surface area contributed by atoms with E-state index < -0.39 is 15.9 Å². The van der Waals surface area contributed by atoms with Crippen molar-refractivity contribution in [2.45, 2.75) is 4.90 Å². The molecule has 0 bridgehead atoms. The van der Waals surface area contributed by atoms with E-state index in [2.05, 4.69) is 10.6 Å². The van der Waals surface area contributed by atoms with Gasteiger partial charge in [-0.1, -0.05) is 72.0 Å². The fourth-order valence-corrected chi connectivity index (χ4v) is 5.40. The van der Waals surface area contributed by atoms with E-state index in [4.69, 9.17) is 17.2 Å². The van der Waals surface area contributed by atoms with E-state index >= 15 is 0 Å². The molecule has 0 fully saturated rings. The molecule has 0 saturated carbocycles. The Balaban J connectivity index is 1.51. The Labute approximate surface area is 213 Å². The molecular formula is C25H22N4O3S3. The van der Waals surface area contributed by atoms with Crippen LogP contribution in [0.15, 0.2) is 89.8 Å². The third-order valence-corrected chi connectivity index (χ3v) is 8.11. The van der Waals surface area contributed by atoms with Gasteiger partial charge in [-0.2, -0.15) is 0 Å². The van der Waals surface area contributed by atoms with E-state index in [-0.39, 0.29) is 15.6 Å². The lowest BCUT2D eigenvalue weighted by molar-refractivity contribution is 0.0977. The molecular weight excluding hydrogens is 501 g/mol. The van der Waals surface area contributed by atoms with Gasteiger partial charge >= 0.3 is 0 Å². The molecule has 1 aromatic heterocycles. The first-order valence-corrected chi connectivity index (χ1v) is 13.2. The normalized spacial score (nSPS) is 11.3. The predicted octanol–water partition coefficient (Wildman–Crippen LogP) is 4.85. The number of benzene rings is 3. The van der Waals surface area contributed by atoms with Gasteiger partial charge in [0.05, 0.1) is 15.5 Å². The van der Waals surface area contributed by atoms with Crippen LogP contribution in [-0.4, -0.2) is 42.8 Å². The summed E-state index contributed by atoms with van der Waals surface area (Å²) >= 11 is 6.77. The first-order chi connectivity index (χ1) is 16.8. The average molecular weight is 523 g/mol. The molecule has 0 radical (unpaired) electrons. The highest BCUT2D eigenvalue weighted by molar-refractivity contribution is 7.89. The Morgan fingerprint density at radius 2 is 1.46 bits per heavy atom. The van der Waals surface area contributed by atoms with Gasteiger partial charge in [-0.3, -0.25) is 10.1 Å². The summed E-state index contributed by atoms with van der Waals surface area (Å²) in [7, 11) is -0.675. The van der Waals surface area contributed by atoms with Crippen LogP contribution in [0.5, 0.6) is 0 Å². The molecule has 0 unspecified atom stereocenters. The van der Waals surface area contributed by atoms with Gasteiger partial charge in [0.2, 0.25) is 10.0 Å². The maximum Gasteiger partial charge on any atom is 0.257 e. The number of amides is 1. The number of anilines is 1. The second-order valence-corrected chi connectivity index (χ2v) is 11.2. The number of carbonyl (C=O) groups is 1. The molecule has 0 aliphatic rings. The Morgan fingerprint density at radius 1 is 0.886 bits per heavy atom. The molecule has 2 N–H and O–H groups in total. The van der Waals surface area contributed by atoms with Crippen molar-refractivity contribution in [3.8, 4) is 21.7 Å². The first kappa shape index (κ1) is 24.7. The van der Waals surface area contributed by atoms with Crippen LogP contribution in [0.1, 0.15) is 10.4 Å². The summed E-state index contributed by atoms with van der Waals surface area (Å²) in [4.78, 5) is 18.4. The van der Waals surface area contributed by atoms with Crippen LogP contribution in [0.2, 0.25) is 0 Å². The molecule has 0 atom stereocenters. The summed E-state index contributed by atoms with van der Waals surface area (Å²) in [5.41, 5.74) is 3.09.